The lowest BCUT2D eigenvalue weighted by Crippen LogP contribution is -2.37. The van der Waals surface area contributed by atoms with Crippen LogP contribution in [0.5, 0.6) is 0 Å². The number of rotatable bonds is 5. The summed E-state index contributed by atoms with van der Waals surface area (Å²) in [4.78, 5) is 25.4. The van der Waals surface area contributed by atoms with Crippen molar-refractivity contribution in [1.29, 1.82) is 5.26 Å². The van der Waals surface area contributed by atoms with E-state index in [1.807, 2.05) is 6.07 Å². The topological polar surface area (TPSA) is 117 Å². The van der Waals surface area contributed by atoms with Crippen molar-refractivity contribution in [2.24, 2.45) is 0 Å². The fraction of sp³-hybridized carbons (Fsp3) is 0.286. The van der Waals surface area contributed by atoms with Crippen molar-refractivity contribution in [3.63, 3.8) is 0 Å². The number of nitrogens with one attached hydrogen (secondary N) is 1. The molecule has 4 rings (SSSR count). The monoisotopic (exact) mass is 404 g/mol. The van der Waals surface area contributed by atoms with Crippen molar-refractivity contribution >= 4 is 17.1 Å². The maximum atomic E-state index is 12.7. The smallest absolute Gasteiger partial charge is 0.270 e. The number of fused-ring (bicyclic) bond motifs is 1. The minimum atomic E-state index is -0.499. The SMILES string of the molecule is Cc1ccc([N+](=O)[O-])cc1C(=O)N[C@H]1CCN(Cc2cnn3ccc(C#N)cc23)C1. The van der Waals surface area contributed by atoms with Gasteiger partial charge in [-0.1, -0.05) is 6.07 Å². The van der Waals surface area contributed by atoms with Crippen molar-refractivity contribution in [1.82, 2.24) is 19.8 Å². The van der Waals surface area contributed by atoms with Gasteiger partial charge in [-0.3, -0.25) is 19.8 Å². The molecular formula is C21H20N6O3. The van der Waals surface area contributed by atoms with Crippen LogP contribution < -0.4 is 5.32 Å². The predicted octanol–water partition coefficient (Wildman–Crippen LogP) is 2.43. The first-order valence-corrected chi connectivity index (χ1v) is 9.59. The van der Waals surface area contributed by atoms with Crippen molar-refractivity contribution in [2.45, 2.75) is 25.9 Å². The van der Waals surface area contributed by atoms with Gasteiger partial charge >= 0.3 is 0 Å². The number of aryl methyl sites for hydroxylation is 1. The van der Waals surface area contributed by atoms with Crippen LogP contribution in [0.3, 0.4) is 0 Å². The molecule has 152 valence electrons. The van der Waals surface area contributed by atoms with Crippen LogP contribution in [0.2, 0.25) is 0 Å². The summed E-state index contributed by atoms with van der Waals surface area (Å²) in [6, 6.07) is 9.97. The molecule has 1 aliphatic rings. The van der Waals surface area contributed by atoms with Crippen LogP contribution in [0.15, 0.2) is 42.7 Å². The molecule has 0 saturated carbocycles. The number of nitrogens with zero attached hydrogens (tertiary/aromatic N) is 5. The Morgan fingerprint density at radius 1 is 1.40 bits per heavy atom. The van der Waals surface area contributed by atoms with E-state index >= 15 is 0 Å². The van der Waals surface area contributed by atoms with E-state index < -0.39 is 4.92 Å². The Morgan fingerprint density at radius 3 is 3.00 bits per heavy atom. The molecule has 1 atom stereocenters. The molecule has 0 aliphatic carbocycles. The number of nitro benzene ring substituents is 1. The summed E-state index contributed by atoms with van der Waals surface area (Å²) in [6.45, 7) is 3.92. The summed E-state index contributed by atoms with van der Waals surface area (Å²) in [5, 5.41) is 27.5. The number of nitriles is 1. The van der Waals surface area contributed by atoms with Crippen molar-refractivity contribution in [2.75, 3.05) is 13.1 Å². The van der Waals surface area contributed by atoms with Gasteiger partial charge < -0.3 is 5.32 Å². The van der Waals surface area contributed by atoms with Crippen molar-refractivity contribution < 1.29 is 9.72 Å². The first kappa shape index (κ1) is 19.5. The Kier molecular flexibility index (Phi) is 5.16. The first-order chi connectivity index (χ1) is 14.4. The van der Waals surface area contributed by atoms with E-state index in [-0.39, 0.29) is 17.6 Å². The molecule has 1 fully saturated rings. The summed E-state index contributed by atoms with van der Waals surface area (Å²) in [5.41, 5.74) is 3.44. The van der Waals surface area contributed by atoms with Crippen LogP contribution in [0.1, 0.15) is 33.5 Å². The molecule has 1 N–H and O–H groups in total. The number of pyridine rings is 1. The van der Waals surface area contributed by atoms with Crippen LogP contribution in [0.4, 0.5) is 5.69 Å². The van der Waals surface area contributed by atoms with Gasteiger partial charge in [-0.2, -0.15) is 10.4 Å². The molecule has 3 aromatic rings. The fourth-order valence-electron chi connectivity index (χ4n) is 3.79. The van der Waals surface area contributed by atoms with Crippen molar-refractivity contribution in [3.8, 4) is 6.07 Å². The highest BCUT2D eigenvalue weighted by Crippen LogP contribution is 2.20. The van der Waals surface area contributed by atoms with Gasteiger partial charge in [0.25, 0.3) is 11.6 Å². The van der Waals surface area contributed by atoms with E-state index in [0.29, 0.717) is 29.8 Å². The van der Waals surface area contributed by atoms with E-state index in [1.54, 1.807) is 36.0 Å². The second-order valence-electron chi connectivity index (χ2n) is 7.48. The minimum absolute atomic E-state index is 0.0346. The maximum Gasteiger partial charge on any atom is 0.270 e. The summed E-state index contributed by atoms with van der Waals surface area (Å²) in [7, 11) is 0. The number of carbonyl (C=O) groups excluding carboxylic acids is 1. The summed E-state index contributed by atoms with van der Waals surface area (Å²) in [5.74, 6) is -0.294. The van der Waals surface area contributed by atoms with Crippen LogP contribution >= 0.6 is 0 Å². The van der Waals surface area contributed by atoms with E-state index in [1.165, 1.54) is 12.1 Å². The average molecular weight is 404 g/mol. The number of non-ortho nitro benzene ring substituents is 1. The zero-order chi connectivity index (χ0) is 21.3. The number of benzene rings is 1. The van der Waals surface area contributed by atoms with Gasteiger partial charge in [-0.15, -0.1) is 0 Å². The lowest BCUT2D eigenvalue weighted by atomic mass is 10.1. The second kappa shape index (κ2) is 7.93. The number of amides is 1. The number of hydrogen-bond donors (Lipinski definition) is 1. The Bertz CT molecular complexity index is 1180. The van der Waals surface area contributed by atoms with Crippen molar-refractivity contribution in [3.05, 3.63) is 75.1 Å². The van der Waals surface area contributed by atoms with Crippen LogP contribution in [-0.4, -0.2) is 44.5 Å². The highest BCUT2D eigenvalue weighted by atomic mass is 16.6. The summed E-state index contributed by atoms with van der Waals surface area (Å²) >= 11 is 0. The van der Waals surface area contributed by atoms with Crippen LogP contribution in [0.25, 0.3) is 5.52 Å². The summed E-state index contributed by atoms with van der Waals surface area (Å²) in [6.07, 6.45) is 4.36. The third kappa shape index (κ3) is 3.86. The van der Waals surface area contributed by atoms with Gasteiger partial charge in [-0.25, -0.2) is 4.52 Å². The quantitative estimate of drug-likeness (QED) is 0.516. The second-order valence-corrected chi connectivity index (χ2v) is 7.48. The maximum absolute atomic E-state index is 12.7. The molecule has 0 unspecified atom stereocenters. The van der Waals surface area contributed by atoms with Gasteiger partial charge in [-0.05, 0) is 31.0 Å². The molecule has 3 heterocycles. The Morgan fingerprint density at radius 2 is 2.23 bits per heavy atom. The third-order valence-electron chi connectivity index (χ3n) is 5.41. The molecule has 2 aromatic heterocycles. The third-order valence-corrected chi connectivity index (χ3v) is 5.41. The molecule has 0 bridgehead atoms. The van der Waals surface area contributed by atoms with Gasteiger partial charge in [0, 0.05) is 55.1 Å². The molecule has 0 radical (unpaired) electrons. The Labute approximate surface area is 172 Å². The highest BCUT2D eigenvalue weighted by molar-refractivity contribution is 5.96. The number of aromatic nitrogens is 2. The molecule has 9 nitrogen and oxygen atoms in total. The molecule has 1 amide bonds. The molecule has 1 aliphatic heterocycles. The van der Waals surface area contributed by atoms with E-state index in [9.17, 15) is 14.9 Å². The van der Waals surface area contributed by atoms with Gasteiger partial charge in [0.1, 0.15) is 0 Å². The van der Waals surface area contributed by atoms with Gasteiger partial charge in [0.05, 0.1) is 28.3 Å². The molecule has 0 spiro atoms. The normalized spacial score (nSPS) is 16.5. The zero-order valence-electron chi connectivity index (χ0n) is 16.4. The number of nitro groups is 1. The lowest BCUT2D eigenvalue weighted by molar-refractivity contribution is -0.384. The molecule has 1 aromatic carbocycles. The minimum Gasteiger partial charge on any atom is -0.348 e. The molecule has 9 heteroatoms. The van der Waals surface area contributed by atoms with E-state index in [2.05, 4.69) is 21.4 Å². The largest absolute Gasteiger partial charge is 0.348 e. The zero-order valence-corrected chi connectivity index (χ0v) is 16.4. The molecule has 30 heavy (non-hydrogen) atoms. The first-order valence-electron chi connectivity index (χ1n) is 9.59. The van der Waals surface area contributed by atoms with E-state index in [4.69, 9.17) is 5.26 Å². The lowest BCUT2D eigenvalue weighted by Gasteiger charge is -2.16. The number of hydrogen-bond acceptors (Lipinski definition) is 6. The molecular weight excluding hydrogens is 384 g/mol. The van der Waals surface area contributed by atoms with Crippen LogP contribution in [-0.2, 0) is 6.54 Å². The average Bonchev–Trinajstić information content (AvgIpc) is 3.34. The fourth-order valence-corrected chi connectivity index (χ4v) is 3.79. The highest BCUT2D eigenvalue weighted by Gasteiger charge is 2.26. The Hall–Kier alpha value is -3.77. The number of likely N-dealkylation sites (tertiary alicyclic amines) is 1. The standard InChI is InChI=1S/C21H20N6O3/c1-14-2-3-18(27(29)30)9-19(14)21(28)24-17-5-6-25(13-17)12-16-11-23-26-7-4-15(10-22)8-20(16)26/h2-4,7-9,11,17H,5-6,12-13H2,1H3,(H,24,28)/t17-/m0/s1. The molecule has 1 saturated heterocycles. The van der Waals surface area contributed by atoms with Gasteiger partial charge in [0.2, 0.25) is 0 Å². The van der Waals surface area contributed by atoms with E-state index in [0.717, 1.165) is 24.0 Å². The predicted molar refractivity (Wildman–Crippen MR) is 109 cm³/mol. The van der Waals surface area contributed by atoms with Gasteiger partial charge in [0.15, 0.2) is 0 Å². The Balaban J connectivity index is 1.42. The van der Waals surface area contributed by atoms with Crippen LogP contribution in [0, 0.1) is 28.4 Å². The summed E-state index contributed by atoms with van der Waals surface area (Å²) < 4.78 is 1.75. The number of carbonyl (C=O) groups is 1.